The molecule has 0 saturated heterocycles. The zero-order chi connectivity index (χ0) is 15.9. The quantitative estimate of drug-likeness (QED) is 0.483. The monoisotopic (exact) mass is 301 g/mol. The third-order valence-electron chi connectivity index (χ3n) is 3.32. The van der Waals surface area contributed by atoms with Crippen molar-refractivity contribution in [2.24, 2.45) is 0 Å². The molecule has 6 nitrogen and oxygen atoms in total. The van der Waals surface area contributed by atoms with Crippen molar-refractivity contribution >= 4 is 5.97 Å². The normalized spacial score (nSPS) is 15.5. The van der Waals surface area contributed by atoms with Gasteiger partial charge in [0.1, 0.15) is 11.3 Å². The smallest absolute Gasteiger partial charge is 0.379 e. The van der Waals surface area contributed by atoms with Crippen LogP contribution in [0.5, 0.6) is 11.6 Å². The van der Waals surface area contributed by atoms with Gasteiger partial charge in [0.2, 0.25) is 5.79 Å². The zero-order valence-corrected chi connectivity index (χ0v) is 12.5. The van der Waals surface area contributed by atoms with Crippen molar-refractivity contribution in [3.8, 4) is 22.8 Å². The first-order chi connectivity index (χ1) is 10.4. The van der Waals surface area contributed by atoms with Crippen LogP contribution in [0, 0.1) is 5.21 Å². The molecule has 0 saturated carbocycles. The molecule has 22 heavy (non-hydrogen) atoms. The summed E-state index contributed by atoms with van der Waals surface area (Å²) in [5.74, 6) is -0.878. The van der Waals surface area contributed by atoms with Crippen LogP contribution in [0.3, 0.4) is 0 Å². The molecule has 0 amide bonds. The predicted molar refractivity (Wildman–Crippen MR) is 77.5 cm³/mol. The van der Waals surface area contributed by atoms with Crippen LogP contribution in [0.15, 0.2) is 36.5 Å². The van der Waals surface area contributed by atoms with Gasteiger partial charge in [0.25, 0.3) is 0 Å². The van der Waals surface area contributed by atoms with Crippen LogP contribution >= 0.6 is 0 Å². The molecule has 1 aromatic carbocycles. The SMILES string of the molecule is COc1ccc(-c2cccc3c2C(=O)OC(C)(C)O3)c[n+]1[O-]. The van der Waals surface area contributed by atoms with Crippen molar-refractivity contribution in [2.75, 3.05) is 7.11 Å². The molecule has 0 unspecified atom stereocenters. The maximum Gasteiger partial charge on any atom is 0.379 e. The molecule has 0 atom stereocenters. The molecule has 1 aliphatic heterocycles. The Bertz CT molecular complexity index is 754. The number of nitrogens with zero attached hydrogens (tertiary/aromatic N) is 1. The summed E-state index contributed by atoms with van der Waals surface area (Å²) < 4.78 is 16.5. The van der Waals surface area contributed by atoms with Crippen molar-refractivity contribution in [3.63, 3.8) is 0 Å². The first-order valence-corrected chi connectivity index (χ1v) is 6.74. The van der Waals surface area contributed by atoms with E-state index in [9.17, 15) is 10.0 Å². The van der Waals surface area contributed by atoms with E-state index in [1.807, 2.05) is 0 Å². The molecule has 3 rings (SSSR count). The molecule has 0 bridgehead atoms. The summed E-state index contributed by atoms with van der Waals surface area (Å²) in [5.41, 5.74) is 1.46. The Balaban J connectivity index is 2.14. The molecule has 0 fully saturated rings. The summed E-state index contributed by atoms with van der Waals surface area (Å²) in [4.78, 5) is 12.3. The van der Waals surface area contributed by atoms with E-state index in [2.05, 4.69) is 0 Å². The Morgan fingerprint density at radius 3 is 2.64 bits per heavy atom. The lowest BCUT2D eigenvalue weighted by Crippen LogP contribution is -2.39. The number of esters is 1. The van der Waals surface area contributed by atoms with Gasteiger partial charge < -0.3 is 19.4 Å². The standard InChI is InChI=1S/C16H15NO5/c1-16(2)21-12-6-4-5-11(14(12)15(18)22-16)10-7-8-13(20-3)17(19)9-10/h4-9H,1-3H3. The van der Waals surface area contributed by atoms with Gasteiger partial charge >= 0.3 is 11.8 Å². The molecule has 0 spiro atoms. The Morgan fingerprint density at radius 2 is 1.95 bits per heavy atom. The number of fused-ring (bicyclic) bond motifs is 1. The van der Waals surface area contributed by atoms with Crippen LogP contribution < -0.4 is 14.2 Å². The second kappa shape index (κ2) is 4.91. The fourth-order valence-corrected chi connectivity index (χ4v) is 2.41. The highest BCUT2D eigenvalue weighted by Crippen LogP contribution is 2.37. The highest BCUT2D eigenvalue weighted by atomic mass is 16.7. The lowest BCUT2D eigenvalue weighted by Gasteiger charge is -2.32. The zero-order valence-electron chi connectivity index (χ0n) is 12.5. The van der Waals surface area contributed by atoms with Crippen LogP contribution in [-0.2, 0) is 4.74 Å². The van der Waals surface area contributed by atoms with Crippen LogP contribution in [0.4, 0.5) is 0 Å². The van der Waals surface area contributed by atoms with Crippen LogP contribution in [0.25, 0.3) is 11.1 Å². The van der Waals surface area contributed by atoms with Crippen molar-refractivity contribution in [1.29, 1.82) is 0 Å². The number of carbonyl (C=O) groups excluding carboxylic acids is 1. The summed E-state index contributed by atoms with van der Waals surface area (Å²) >= 11 is 0. The lowest BCUT2D eigenvalue weighted by molar-refractivity contribution is -0.611. The van der Waals surface area contributed by atoms with E-state index in [1.165, 1.54) is 13.3 Å². The average molecular weight is 301 g/mol. The largest absolute Gasteiger partial charge is 0.616 e. The number of aromatic nitrogens is 1. The Morgan fingerprint density at radius 1 is 1.18 bits per heavy atom. The third kappa shape index (κ3) is 2.32. The molecule has 0 aliphatic carbocycles. The van der Waals surface area contributed by atoms with E-state index >= 15 is 0 Å². The predicted octanol–water partition coefficient (Wildman–Crippen LogP) is 2.28. The summed E-state index contributed by atoms with van der Waals surface area (Å²) in [6.07, 6.45) is 1.35. The number of hydrogen-bond acceptors (Lipinski definition) is 5. The number of pyridine rings is 1. The van der Waals surface area contributed by atoms with E-state index in [1.54, 1.807) is 44.2 Å². The summed E-state index contributed by atoms with van der Waals surface area (Å²) in [6.45, 7) is 3.33. The Hall–Kier alpha value is -2.76. The van der Waals surface area contributed by atoms with Gasteiger partial charge in [-0.15, -0.1) is 4.73 Å². The fraction of sp³-hybridized carbons (Fsp3) is 0.250. The Kier molecular flexibility index (Phi) is 3.16. The fourth-order valence-electron chi connectivity index (χ4n) is 2.41. The number of carbonyl (C=O) groups is 1. The van der Waals surface area contributed by atoms with Crippen molar-refractivity contribution < 1.29 is 23.7 Å². The molecule has 0 radical (unpaired) electrons. The van der Waals surface area contributed by atoms with Gasteiger partial charge in [-0.25, -0.2) is 4.79 Å². The first kappa shape index (κ1) is 14.2. The van der Waals surface area contributed by atoms with Gasteiger partial charge in [0, 0.05) is 25.0 Å². The summed E-state index contributed by atoms with van der Waals surface area (Å²) in [7, 11) is 1.42. The van der Waals surface area contributed by atoms with E-state index in [4.69, 9.17) is 14.2 Å². The number of rotatable bonds is 2. The molecule has 2 heterocycles. The molecule has 6 heteroatoms. The highest BCUT2D eigenvalue weighted by molar-refractivity contribution is 6.00. The summed E-state index contributed by atoms with van der Waals surface area (Å²) in [6, 6.07) is 8.46. The molecule has 114 valence electrons. The van der Waals surface area contributed by atoms with Gasteiger partial charge in [0.15, 0.2) is 6.20 Å². The maximum atomic E-state index is 12.3. The highest BCUT2D eigenvalue weighted by Gasteiger charge is 2.35. The van der Waals surface area contributed by atoms with Gasteiger partial charge in [-0.2, -0.15) is 0 Å². The minimum atomic E-state index is -1.01. The molecular weight excluding hydrogens is 286 g/mol. The molecule has 1 aromatic heterocycles. The van der Waals surface area contributed by atoms with Crippen LogP contribution in [0.2, 0.25) is 0 Å². The molecule has 1 aliphatic rings. The van der Waals surface area contributed by atoms with Crippen molar-refractivity contribution in [2.45, 2.75) is 19.6 Å². The second-order valence-corrected chi connectivity index (χ2v) is 5.36. The number of methoxy groups -OCH3 is 1. The third-order valence-corrected chi connectivity index (χ3v) is 3.32. The van der Waals surface area contributed by atoms with Gasteiger partial charge in [-0.05, 0) is 12.1 Å². The van der Waals surface area contributed by atoms with E-state index in [-0.39, 0.29) is 5.88 Å². The average Bonchev–Trinajstić information content (AvgIpc) is 2.45. The topological polar surface area (TPSA) is 71.7 Å². The van der Waals surface area contributed by atoms with Crippen molar-refractivity contribution in [3.05, 3.63) is 47.3 Å². The van der Waals surface area contributed by atoms with Gasteiger partial charge in [-0.3, -0.25) is 0 Å². The molecular formula is C16H15NO5. The van der Waals surface area contributed by atoms with Gasteiger partial charge in [-0.1, -0.05) is 12.1 Å². The molecule has 2 aromatic rings. The van der Waals surface area contributed by atoms with Crippen LogP contribution in [-0.4, -0.2) is 18.9 Å². The lowest BCUT2D eigenvalue weighted by atomic mass is 9.99. The molecule has 0 N–H and O–H groups in total. The number of benzene rings is 1. The van der Waals surface area contributed by atoms with E-state index < -0.39 is 11.8 Å². The minimum absolute atomic E-state index is 0.175. The van der Waals surface area contributed by atoms with Crippen LogP contribution in [0.1, 0.15) is 24.2 Å². The van der Waals surface area contributed by atoms with E-state index in [0.717, 1.165) is 0 Å². The number of hydrogen-bond donors (Lipinski definition) is 0. The number of cyclic esters (lactones) is 1. The minimum Gasteiger partial charge on any atom is -0.616 e. The summed E-state index contributed by atoms with van der Waals surface area (Å²) in [5, 5.41) is 11.8. The van der Waals surface area contributed by atoms with E-state index in [0.29, 0.717) is 27.2 Å². The maximum absolute atomic E-state index is 12.3. The van der Waals surface area contributed by atoms with Crippen molar-refractivity contribution in [1.82, 2.24) is 0 Å². The Labute approximate surface area is 127 Å². The van der Waals surface area contributed by atoms with Gasteiger partial charge in [0.05, 0.1) is 13.2 Å². The second-order valence-electron chi connectivity index (χ2n) is 5.36. The number of ether oxygens (including phenoxy) is 3. The first-order valence-electron chi connectivity index (χ1n) is 6.74.